The van der Waals surface area contributed by atoms with Crippen LogP contribution in [0.2, 0.25) is 0 Å². The van der Waals surface area contributed by atoms with Crippen molar-refractivity contribution in [2.75, 3.05) is 19.6 Å². The highest BCUT2D eigenvalue weighted by Crippen LogP contribution is 2.17. The predicted octanol–water partition coefficient (Wildman–Crippen LogP) is 0.336. The summed E-state index contributed by atoms with van der Waals surface area (Å²) in [5.41, 5.74) is -0.748. The Bertz CT molecular complexity index is 887. The van der Waals surface area contributed by atoms with Crippen LogP contribution in [-0.2, 0) is 11.2 Å². The van der Waals surface area contributed by atoms with Crippen molar-refractivity contribution < 1.29 is 9.59 Å². The van der Waals surface area contributed by atoms with E-state index in [9.17, 15) is 19.2 Å². The second-order valence-corrected chi connectivity index (χ2v) is 7.27. The maximum atomic E-state index is 12.5. The molecule has 138 valence electrons. The second kappa shape index (κ2) is 8.13. The number of rotatable bonds is 5. The first-order valence-corrected chi connectivity index (χ1v) is 9.31. The molecule has 1 saturated heterocycles. The third-order valence-electron chi connectivity index (χ3n) is 4.41. The van der Waals surface area contributed by atoms with Gasteiger partial charge in [-0.2, -0.15) is 0 Å². The molecule has 2 aromatic heterocycles. The van der Waals surface area contributed by atoms with Crippen LogP contribution in [0.1, 0.15) is 28.1 Å². The van der Waals surface area contributed by atoms with E-state index in [1.165, 1.54) is 11.3 Å². The van der Waals surface area contributed by atoms with Crippen molar-refractivity contribution in [3.63, 3.8) is 0 Å². The molecule has 0 aliphatic carbocycles. The first-order valence-electron chi connectivity index (χ1n) is 8.43. The molecule has 3 rings (SSSR count). The fourth-order valence-electron chi connectivity index (χ4n) is 3.05. The number of thiophene rings is 1. The number of piperidine rings is 1. The summed E-state index contributed by atoms with van der Waals surface area (Å²) in [7, 11) is 0. The van der Waals surface area contributed by atoms with Gasteiger partial charge < -0.3 is 10.2 Å². The SMILES string of the molecule is O=C(NC[C@@H]1CCCN(C(=O)Cc2cc(=O)[nH][nH]c2=O)C1)c1cccs1. The molecule has 2 amide bonds. The number of likely N-dealkylation sites (tertiary alicyclic amines) is 1. The summed E-state index contributed by atoms with van der Waals surface area (Å²) in [6.07, 6.45) is 1.67. The number of nitrogens with zero attached hydrogens (tertiary/aromatic N) is 1. The van der Waals surface area contributed by atoms with Gasteiger partial charge in [-0.25, -0.2) is 0 Å². The molecular weight excluding hydrogens is 356 g/mol. The fourth-order valence-corrected chi connectivity index (χ4v) is 3.69. The van der Waals surface area contributed by atoms with Crippen LogP contribution in [-0.4, -0.2) is 46.5 Å². The lowest BCUT2D eigenvalue weighted by molar-refractivity contribution is -0.132. The van der Waals surface area contributed by atoms with Gasteiger partial charge in [0, 0.05) is 31.3 Å². The van der Waals surface area contributed by atoms with Crippen LogP contribution in [0.5, 0.6) is 0 Å². The lowest BCUT2D eigenvalue weighted by atomic mass is 9.97. The van der Waals surface area contributed by atoms with E-state index in [1.807, 2.05) is 11.4 Å². The molecule has 1 aliphatic heterocycles. The summed E-state index contributed by atoms with van der Waals surface area (Å²) in [6.45, 7) is 1.66. The van der Waals surface area contributed by atoms with Gasteiger partial charge in [0.2, 0.25) is 5.91 Å². The minimum atomic E-state index is -0.463. The van der Waals surface area contributed by atoms with Crippen molar-refractivity contribution in [2.24, 2.45) is 5.92 Å². The number of carbonyl (C=O) groups excluding carboxylic acids is 2. The molecule has 3 heterocycles. The normalized spacial score (nSPS) is 17.1. The van der Waals surface area contributed by atoms with Gasteiger partial charge in [0.05, 0.1) is 11.3 Å². The molecule has 1 atom stereocenters. The number of hydrogen-bond acceptors (Lipinski definition) is 5. The van der Waals surface area contributed by atoms with Crippen molar-refractivity contribution in [1.82, 2.24) is 20.4 Å². The zero-order valence-corrected chi connectivity index (χ0v) is 14.9. The quantitative estimate of drug-likeness (QED) is 0.698. The van der Waals surface area contributed by atoms with E-state index >= 15 is 0 Å². The van der Waals surface area contributed by atoms with Crippen molar-refractivity contribution in [1.29, 1.82) is 0 Å². The molecule has 0 saturated carbocycles. The molecule has 0 radical (unpaired) electrons. The fraction of sp³-hybridized carbons (Fsp3) is 0.412. The molecule has 1 fully saturated rings. The maximum Gasteiger partial charge on any atom is 0.266 e. The summed E-state index contributed by atoms with van der Waals surface area (Å²) in [5.74, 6) is -0.108. The Balaban J connectivity index is 1.55. The summed E-state index contributed by atoms with van der Waals surface area (Å²) in [5, 5.41) is 9.17. The van der Waals surface area contributed by atoms with E-state index < -0.39 is 11.1 Å². The third kappa shape index (κ3) is 4.48. The zero-order valence-electron chi connectivity index (χ0n) is 14.1. The molecule has 0 aromatic carbocycles. The van der Waals surface area contributed by atoms with Gasteiger partial charge in [-0.15, -0.1) is 11.3 Å². The van der Waals surface area contributed by atoms with Gasteiger partial charge in [-0.3, -0.25) is 29.4 Å². The number of amides is 2. The highest BCUT2D eigenvalue weighted by atomic mass is 32.1. The number of hydrogen-bond donors (Lipinski definition) is 3. The van der Waals surface area contributed by atoms with Crippen molar-refractivity contribution in [3.05, 3.63) is 54.7 Å². The van der Waals surface area contributed by atoms with Crippen LogP contribution in [0.3, 0.4) is 0 Å². The Morgan fingerprint density at radius 2 is 2.15 bits per heavy atom. The minimum absolute atomic E-state index is 0.0986. The van der Waals surface area contributed by atoms with E-state index in [0.717, 1.165) is 18.9 Å². The molecule has 0 spiro atoms. The predicted molar refractivity (Wildman–Crippen MR) is 97.3 cm³/mol. The van der Waals surface area contributed by atoms with Gasteiger partial charge in [-0.1, -0.05) is 6.07 Å². The van der Waals surface area contributed by atoms with Gasteiger partial charge in [0.25, 0.3) is 17.0 Å². The van der Waals surface area contributed by atoms with E-state index in [-0.39, 0.29) is 29.7 Å². The van der Waals surface area contributed by atoms with Crippen LogP contribution in [0.4, 0.5) is 0 Å². The Morgan fingerprint density at radius 1 is 1.31 bits per heavy atom. The summed E-state index contributed by atoms with van der Waals surface area (Å²) < 4.78 is 0. The lowest BCUT2D eigenvalue weighted by Crippen LogP contribution is -2.44. The lowest BCUT2D eigenvalue weighted by Gasteiger charge is -2.33. The van der Waals surface area contributed by atoms with Crippen molar-refractivity contribution in [3.8, 4) is 0 Å². The Kier molecular flexibility index (Phi) is 5.67. The number of nitrogens with one attached hydrogen (secondary N) is 3. The number of aromatic amines is 2. The van der Waals surface area contributed by atoms with Gasteiger partial charge >= 0.3 is 0 Å². The highest BCUT2D eigenvalue weighted by molar-refractivity contribution is 7.12. The topological polar surface area (TPSA) is 115 Å². The molecule has 3 N–H and O–H groups in total. The van der Waals surface area contributed by atoms with E-state index in [0.29, 0.717) is 24.5 Å². The second-order valence-electron chi connectivity index (χ2n) is 6.33. The van der Waals surface area contributed by atoms with Crippen LogP contribution in [0, 0.1) is 5.92 Å². The first-order chi connectivity index (χ1) is 12.5. The summed E-state index contributed by atoms with van der Waals surface area (Å²) in [6, 6.07) is 4.76. The number of aromatic nitrogens is 2. The van der Waals surface area contributed by atoms with E-state index in [4.69, 9.17) is 0 Å². The molecular formula is C17H20N4O4S. The van der Waals surface area contributed by atoms with E-state index in [2.05, 4.69) is 15.5 Å². The maximum absolute atomic E-state index is 12.5. The Hall–Kier alpha value is -2.68. The van der Waals surface area contributed by atoms with Gasteiger partial charge in [-0.05, 0) is 30.2 Å². The van der Waals surface area contributed by atoms with Gasteiger partial charge in [0.15, 0.2) is 0 Å². The molecule has 0 unspecified atom stereocenters. The molecule has 1 aliphatic rings. The van der Waals surface area contributed by atoms with Crippen LogP contribution < -0.4 is 16.4 Å². The average molecular weight is 376 g/mol. The largest absolute Gasteiger partial charge is 0.351 e. The Labute approximate surface area is 153 Å². The smallest absolute Gasteiger partial charge is 0.266 e. The number of H-pyrrole nitrogens is 2. The molecule has 2 aromatic rings. The Morgan fingerprint density at radius 3 is 2.92 bits per heavy atom. The molecule has 26 heavy (non-hydrogen) atoms. The standard InChI is InChI=1S/C17H20N4O4S/c22-14-7-12(16(24)20-19-14)8-15(23)21-5-1-3-11(10-21)9-18-17(25)13-4-2-6-26-13/h2,4,6-7,11H,1,3,5,8-10H2,(H,18,25)(H,19,22)(H,20,24)/t11-/m0/s1. The average Bonchev–Trinajstić information content (AvgIpc) is 3.18. The monoisotopic (exact) mass is 376 g/mol. The summed E-state index contributed by atoms with van der Waals surface area (Å²) >= 11 is 1.39. The van der Waals surface area contributed by atoms with E-state index in [1.54, 1.807) is 11.0 Å². The van der Waals surface area contributed by atoms with Gasteiger partial charge in [0.1, 0.15) is 0 Å². The summed E-state index contributed by atoms with van der Waals surface area (Å²) in [4.78, 5) is 49.9. The van der Waals surface area contributed by atoms with Crippen molar-refractivity contribution >= 4 is 23.2 Å². The van der Waals surface area contributed by atoms with Crippen LogP contribution >= 0.6 is 11.3 Å². The molecule has 0 bridgehead atoms. The zero-order chi connectivity index (χ0) is 18.5. The van der Waals surface area contributed by atoms with Crippen LogP contribution in [0.15, 0.2) is 33.2 Å². The molecule has 8 nitrogen and oxygen atoms in total. The molecule has 9 heteroatoms. The minimum Gasteiger partial charge on any atom is -0.351 e. The van der Waals surface area contributed by atoms with Crippen molar-refractivity contribution in [2.45, 2.75) is 19.3 Å². The number of carbonyl (C=O) groups is 2. The first kappa shape index (κ1) is 18.1. The third-order valence-corrected chi connectivity index (χ3v) is 5.27. The highest BCUT2D eigenvalue weighted by Gasteiger charge is 2.24. The van der Waals surface area contributed by atoms with Crippen LogP contribution in [0.25, 0.3) is 0 Å².